The molecule has 0 aromatic rings. The van der Waals surface area contributed by atoms with Crippen LogP contribution in [0.3, 0.4) is 0 Å². The van der Waals surface area contributed by atoms with Crippen LogP contribution in [0.2, 0.25) is 0 Å². The zero-order chi connectivity index (χ0) is 10.1. The molecule has 0 spiro atoms. The van der Waals surface area contributed by atoms with Gasteiger partial charge in [0.1, 0.15) is 5.76 Å². The van der Waals surface area contributed by atoms with E-state index in [-0.39, 0.29) is 11.8 Å². The molecule has 0 aromatic heterocycles. The molecule has 0 aromatic carbocycles. The first-order valence-electron chi connectivity index (χ1n) is 3.85. The van der Waals surface area contributed by atoms with Crippen molar-refractivity contribution in [2.24, 2.45) is 0 Å². The average molecular weight is 202 g/mol. The van der Waals surface area contributed by atoms with E-state index in [1.165, 1.54) is 12.3 Å². The van der Waals surface area contributed by atoms with Crippen LogP contribution in [-0.4, -0.2) is 27.5 Å². The van der Waals surface area contributed by atoms with Crippen LogP contribution in [0.4, 0.5) is 0 Å². The third kappa shape index (κ3) is 3.02. The van der Waals surface area contributed by atoms with Crippen LogP contribution in [-0.2, 0) is 9.71 Å². The zero-order valence-corrected chi connectivity index (χ0v) is 8.52. The number of hydrogen-bond donors (Lipinski definition) is 3. The van der Waals surface area contributed by atoms with Gasteiger partial charge in [0.15, 0.2) is 0 Å². The lowest BCUT2D eigenvalue weighted by Gasteiger charge is -2.19. The van der Waals surface area contributed by atoms with Gasteiger partial charge in [0, 0.05) is 28.2 Å². The minimum absolute atomic E-state index is 0.0942. The van der Waals surface area contributed by atoms with Crippen molar-refractivity contribution in [3.8, 4) is 0 Å². The molecule has 1 aliphatic rings. The standard InChI is InChI=1S/C8H14N2O2S/c1-6-8(11)4-7(5-9-6)10-13(2,3)12/h4-6,9,11H,2H2,1,3H3,(H,10,12). The summed E-state index contributed by atoms with van der Waals surface area (Å²) in [5, 5.41) is 12.3. The number of nitrogens with one attached hydrogen (secondary N) is 2. The number of allylic oxidation sites excluding steroid dienone is 1. The van der Waals surface area contributed by atoms with Crippen LogP contribution in [0.1, 0.15) is 6.92 Å². The first-order valence-corrected chi connectivity index (χ1v) is 5.99. The van der Waals surface area contributed by atoms with Gasteiger partial charge in [-0.05, 0) is 12.8 Å². The van der Waals surface area contributed by atoms with Crippen molar-refractivity contribution in [1.82, 2.24) is 10.0 Å². The van der Waals surface area contributed by atoms with E-state index in [0.717, 1.165) is 0 Å². The van der Waals surface area contributed by atoms with Crippen molar-refractivity contribution in [3.63, 3.8) is 0 Å². The second-order valence-electron chi connectivity index (χ2n) is 3.16. The molecule has 1 heterocycles. The van der Waals surface area contributed by atoms with Gasteiger partial charge >= 0.3 is 0 Å². The Bertz CT molecular complexity index is 354. The summed E-state index contributed by atoms with van der Waals surface area (Å²) in [4.78, 5) is 0. The summed E-state index contributed by atoms with van der Waals surface area (Å²) in [6.07, 6.45) is 4.70. The maximum absolute atomic E-state index is 11.2. The minimum Gasteiger partial charge on any atom is -0.510 e. The molecule has 0 saturated heterocycles. The number of aliphatic hydroxyl groups excluding tert-OH is 1. The molecule has 0 bridgehead atoms. The monoisotopic (exact) mass is 202 g/mol. The van der Waals surface area contributed by atoms with Crippen LogP contribution in [0, 0.1) is 0 Å². The summed E-state index contributed by atoms with van der Waals surface area (Å²) in [7, 11) is -2.28. The van der Waals surface area contributed by atoms with E-state index in [2.05, 4.69) is 15.9 Å². The van der Waals surface area contributed by atoms with Crippen LogP contribution in [0.5, 0.6) is 0 Å². The van der Waals surface area contributed by atoms with Gasteiger partial charge < -0.3 is 15.1 Å². The lowest BCUT2D eigenvalue weighted by atomic mass is 10.2. The largest absolute Gasteiger partial charge is 0.510 e. The molecule has 0 amide bonds. The second kappa shape index (κ2) is 3.33. The maximum Gasteiger partial charge on any atom is 0.116 e. The Kier molecular flexibility index (Phi) is 2.56. The number of hydrogen-bond acceptors (Lipinski definition) is 3. The van der Waals surface area contributed by atoms with Crippen LogP contribution >= 0.6 is 0 Å². The Morgan fingerprint density at radius 1 is 1.77 bits per heavy atom. The van der Waals surface area contributed by atoms with Gasteiger partial charge in [0.05, 0.1) is 11.7 Å². The van der Waals surface area contributed by atoms with Gasteiger partial charge in [-0.3, -0.25) is 0 Å². The normalized spacial score (nSPS) is 26.5. The van der Waals surface area contributed by atoms with Gasteiger partial charge in [-0.1, -0.05) is 0 Å². The molecule has 1 aliphatic heterocycles. The highest BCUT2D eigenvalue weighted by Gasteiger charge is 2.11. The smallest absolute Gasteiger partial charge is 0.116 e. The molecule has 0 radical (unpaired) electrons. The average Bonchev–Trinajstić information content (AvgIpc) is 1.94. The molecule has 0 fully saturated rings. The Morgan fingerprint density at radius 3 is 2.85 bits per heavy atom. The van der Waals surface area contributed by atoms with E-state index in [1.54, 1.807) is 6.20 Å². The van der Waals surface area contributed by atoms with Crippen molar-refractivity contribution in [1.29, 1.82) is 0 Å². The fraction of sp³-hybridized carbons (Fsp3) is 0.375. The molecule has 13 heavy (non-hydrogen) atoms. The van der Waals surface area contributed by atoms with Crippen LogP contribution < -0.4 is 10.0 Å². The van der Waals surface area contributed by atoms with E-state index < -0.39 is 9.71 Å². The zero-order valence-electron chi connectivity index (χ0n) is 7.70. The lowest BCUT2D eigenvalue weighted by Crippen LogP contribution is -2.31. The quantitative estimate of drug-likeness (QED) is 0.557. The van der Waals surface area contributed by atoms with Crippen molar-refractivity contribution >= 4 is 15.6 Å². The van der Waals surface area contributed by atoms with Crippen molar-refractivity contribution in [3.05, 3.63) is 23.7 Å². The third-order valence-corrected chi connectivity index (χ3v) is 2.24. The highest BCUT2D eigenvalue weighted by atomic mass is 32.2. The summed E-state index contributed by atoms with van der Waals surface area (Å²) < 4.78 is 13.9. The topological polar surface area (TPSA) is 61.4 Å². The van der Waals surface area contributed by atoms with Gasteiger partial charge in [-0.2, -0.15) is 0 Å². The SMILES string of the molecule is C=S(C)(=O)NC1=CNC(C)C(O)=C1. The molecule has 0 aliphatic carbocycles. The Morgan fingerprint density at radius 2 is 2.38 bits per heavy atom. The molecular weight excluding hydrogens is 188 g/mol. The maximum atomic E-state index is 11.2. The van der Waals surface area contributed by atoms with Gasteiger partial charge in [0.2, 0.25) is 0 Å². The number of dihydropyridines is 1. The number of aliphatic hydroxyl groups is 1. The van der Waals surface area contributed by atoms with Crippen LogP contribution in [0.25, 0.3) is 0 Å². The molecule has 74 valence electrons. The fourth-order valence-corrected chi connectivity index (χ4v) is 1.55. The third-order valence-electron chi connectivity index (χ3n) is 1.57. The summed E-state index contributed by atoms with van der Waals surface area (Å²) >= 11 is 0. The lowest BCUT2D eigenvalue weighted by molar-refractivity contribution is 0.356. The second-order valence-corrected chi connectivity index (χ2v) is 5.38. The van der Waals surface area contributed by atoms with E-state index in [9.17, 15) is 9.32 Å². The predicted molar refractivity (Wildman–Crippen MR) is 55.7 cm³/mol. The van der Waals surface area contributed by atoms with E-state index in [1.807, 2.05) is 6.92 Å². The molecule has 5 heteroatoms. The summed E-state index contributed by atoms with van der Waals surface area (Å²) in [6, 6.07) is -0.0942. The van der Waals surface area contributed by atoms with Crippen LogP contribution in [0.15, 0.2) is 23.7 Å². The summed E-state index contributed by atoms with van der Waals surface area (Å²) in [5.41, 5.74) is 0.582. The van der Waals surface area contributed by atoms with E-state index >= 15 is 0 Å². The van der Waals surface area contributed by atoms with Crippen molar-refractivity contribution in [2.45, 2.75) is 13.0 Å². The van der Waals surface area contributed by atoms with E-state index in [0.29, 0.717) is 5.70 Å². The first-order chi connectivity index (χ1) is 5.88. The molecule has 0 saturated carbocycles. The van der Waals surface area contributed by atoms with Crippen molar-refractivity contribution < 1.29 is 9.32 Å². The Labute approximate surface area is 78.5 Å². The Balaban J connectivity index is 2.76. The molecule has 2 unspecified atom stereocenters. The highest BCUT2D eigenvalue weighted by molar-refractivity contribution is 7.97. The van der Waals surface area contributed by atoms with Gasteiger partial charge in [0.25, 0.3) is 0 Å². The highest BCUT2D eigenvalue weighted by Crippen LogP contribution is 2.07. The number of rotatable bonds is 2. The summed E-state index contributed by atoms with van der Waals surface area (Å²) in [6.45, 7) is 1.83. The first kappa shape index (κ1) is 9.98. The van der Waals surface area contributed by atoms with Gasteiger partial charge in [-0.15, -0.1) is 0 Å². The Hall–Kier alpha value is -1.10. The molecular formula is C8H14N2O2S. The van der Waals surface area contributed by atoms with Crippen molar-refractivity contribution in [2.75, 3.05) is 6.26 Å². The molecule has 3 N–H and O–H groups in total. The van der Waals surface area contributed by atoms with E-state index in [4.69, 9.17) is 0 Å². The summed E-state index contributed by atoms with van der Waals surface area (Å²) in [5.74, 6) is 3.66. The molecule has 4 nitrogen and oxygen atoms in total. The molecule has 2 atom stereocenters. The fourth-order valence-electron chi connectivity index (χ4n) is 0.934. The molecule has 1 rings (SSSR count). The minimum atomic E-state index is -2.28. The van der Waals surface area contributed by atoms with Gasteiger partial charge in [-0.25, -0.2) is 4.21 Å². The predicted octanol–water partition coefficient (Wildman–Crippen LogP) is 0.112.